The molecule has 0 aromatic rings. The Bertz CT molecular complexity index is 228. The molecule has 2 N–H and O–H groups in total. The predicted molar refractivity (Wildman–Crippen MR) is 55.8 cm³/mol. The largest absolute Gasteiger partial charge is 0.460 e. The summed E-state index contributed by atoms with van der Waals surface area (Å²) in [5.41, 5.74) is 5.26. The van der Waals surface area contributed by atoms with Crippen LogP contribution in [0.3, 0.4) is 0 Å². The molecule has 0 spiro atoms. The van der Waals surface area contributed by atoms with Gasteiger partial charge in [0.25, 0.3) is 0 Å². The van der Waals surface area contributed by atoms with Crippen molar-refractivity contribution in [1.29, 1.82) is 0 Å². The Hall–Kier alpha value is -0.570. The zero-order valence-electron chi connectivity index (χ0n) is 9.59. The molecule has 1 aliphatic rings. The molecule has 0 saturated heterocycles. The van der Waals surface area contributed by atoms with E-state index in [9.17, 15) is 4.79 Å². The lowest BCUT2D eigenvalue weighted by atomic mass is 9.90. The summed E-state index contributed by atoms with van der Waals surface area (Å²) in [6, 6.07) is 0. The first kappa shape index (κ1) is 11.5. The first-order valence-corrected chi connectivity index (χ1v) is 5.24. The van der Waals surface area contributed by atoms with Crippen LogP contribution in [-0.2, 0) is 9.53 Å². The van der Waals surface area contributed by atoms with E-state index in [0.717, 1.165) is 19.3 Å². The molecule has 1 saturated carbocycles. The number of carbonyl (C=O) groups excluding carboxylic acids is 1. The van der Waals surface area contributed by atoms with Gasteiger partial charge in [-0.25, -0.2) is 0 Å². The molecule has 1 rings (SSSR count). The molecule has 1 aliphatic carbocycles. The van der Waals surface area contributed by atoms with Gasteiger partial charge in [-0.1, -0.05) is 6.42 Å². The van der Waals surface area contributed by atoms with E-state index in [1.807, 2.05) is 27.7 Å². The van der Waals surface area contributed by atoms with Crippen molar-refractivity contribution in [2.75, 3.05) is 0 Å². The molecule has 1 fully saturated rings. The molecule has 2 atom stereocenters. The highest BCUT2D eigenvalue weighted by Gasteiger charge is 2.42. The molecule has 3 nitrogen and oxygen atoms in total. The quantitative estimate of drug-likeness (QED) is 0.656. The first-order chi connectivity index (χ1) is 6.22. The minimum absolute atomic E-state index is 0.123. The Labute approximate surface area is 86.0 Å². The van der Waals surface area contributed by atoms with Crippen molar-refractivity contribution in [3.05, 3.63) is 0 Å². The first-order valence-electron chi connectivity index (χ1n) is 5.24. The van der Waals surface area contributed by atoms with E-state index < -0.39 is 5.60 Å². The van der Waals surface area contributed by atoms with E-state index in [4.69, 9.17) is 10.5 Å². The van der Waals surface area contributed by atoms with Gasteiger partial charge in [0.15, 0.2) is 0 Å². The summed E-state index contributed by atoms with van der Waals surface area (Å²) in [7, 11) is 0. The Kier molecular flexibility index (Phi) is 2.91. The van der Waals surface area contributed by atoms with E-state index in [-0.39, 0.29) is 17.4 Å². The third-order valence-corrected chi connectivity index (χ3v) is 2.70. The third-order valence-electron chi connectivity index (χ3n) is 2.70. The third kappa shape index (κ3) is 2.71. The number of hydrogen-bond donors (Lipinski definition) is 1. The average Bonchev–Trinajstić information content (AvgIpc) is 2.25. The minimum atomic E-state index is -0.407. The second-order valence-corrected chi connectivity index (χ2v) is 5.48. The summed E-state index contributed by atoms with van der Waals surface area (Å²) in [5, 5.41) is 0. The molecular formula is C11H21NO2. The van der Waals surface area contributed by atoms with Crippen molar-refractivity contribution in [3.63, 3.8) is 0 Å². The van der Waals surface area contributed by atoms with Crippen LogP contribution in [0, 0.1) is 5.92 Å². The minimum Gasteiger partial charge on any atom is -0.460 e. The summed E-state index contributed by atoms with van der Waals surface area (Å²) >= 11 is 0. The molecule has 0 aromatic heterocycles. The van der Waals surface area contributed by atoms with Gasteiger partial charge >= 0.3 is 5.97 Å². The van der Waals surface area contributed by atoms with Crippen LogP contribution in [0.1, 0.15) is 47.0 Å². The van der Waals surface area contributed by atoms with Crippen LogP contribution in [0.15, 0.2) is 0 Å². The number of rotatable bonds is 1. The Morgan fingerprint density at radius 2 is 2.07 bits per heavy atom. The van der Waals surface area contributed by atoms with Gasteiger partial charge in [0.05, 0.1) is 5.92 Å². The van der Waals surface area contributed by atoms with E-state index in [1.54, 1.807) is 0 Å². The van der Waals surface area contributed by atoms with Crippen molar-refractivity contribution < 1.29 is 9.53 Å². The van der Waals surface area contributed by atoms with Gasteiger partial charge in [-0.15, -0.1) is 0 Å². The van der Waals surface area contributed by atoms with Crippen molar-refractivity contribution in [3.8, 4) is 0 Å². The summed E-state index contributed by atoms with van der Waals surface area (Å²) in [4.78, 5) is 11.8. The van der Waals surface area contributed by atoms with Crippen molar-refractivity contribution in [2.45, 2.75) is 58.1 Å². The van der Waals surface area contributed by atoms with E-state index in [1.165, 1.54) is 0 Å². The van der Waals surface area contributed by atoms with Crippen LogP contribution in [0.2, 0.25) is 0 Å². The normalized spacial score (nSPS) is 33.1. The highest BCUT2D eigenvalue weighted by atomic mass is 16.6. The topological polar surface area (TPSA) is 52.3 Å². The molecule has 82 valence electrons. The highest BCUT2D eigenvalue weighted by molar-refractivity contribution is 5.74. The highest BCUT2D eigenvalue weighted by Crippen LogP contribution is 2.34. The fourth-order valence-electron chi connectivity index (χ4n) is 1.95. The number of carbonyl (C=O) groups is 1. The van der Waals surface area contributed by atoms with Crippen LogP contribution >= 0.6 is 0 Å². The Morgan fingerprint density at radius 3 is 2.43 bits per heavy atom. The fourth-order valence-corrected chi connectivity index (χ4v) is 1.95. The lowest BCUT2D eigenvalue weighted by molar-refractivity contribution is -0.161. The number of hydrogen-bond acceptors (Lipinski definition) is 3. The van der Waals surface area contributed by atoms with E-state index in [0.29, 0.717) is 0 Å². The lowest BCUT2D eigenvalue weighted by Gasteiger charge is -2.28. The van der Waals surface area contributed by atoms with Crippen molar-refractivity contribution in [1.82, 2.24) is 0 Å². The second-order valence-electron chi connectivity index (χ2n) is 5.48. The molecule has 0 amide bonds. The van der Waals surface area contributed by atoms with Gasteiger partial charge in [0, 0.05) is 5.54 Å². The Balaban J connectivity index is 2.62. The molecule has 0 heterocycles. The maximum absolute atomic E-state index is 11.8. The average molecular weight is 199 g/mol. The number of ether oxygens (including phenoxy) is 1. The standard InChI is InChI=1S/C11H21NO2/c1-10(2,3)14-9(13)8-6-5-7-11(8,4)12/h8H,5-7,12H2,1-4H3/t8-,11-/m0/s1. The monoisotopic (exact) mass is 199 g/mol. The van der Waals surface area contributed by atoms with Gasteiger partial charge < -0.3 is 10.5 Å². The summed E-state index contributed by atoms with van der Waals surface area (Å²) in [6.45, 7) is 7.59. The lowest BCUT2D eigenvalue weighted by Crippen LogP contribution is -2.45. The summed E-state index contributed by atoms with van der Waals surface area (Å²) in [6.07, 6.45) is 2.80. The Morgan fingerprint density at radius 1 is 1.50 bits per heavy atom. The fraction of sp³-hybridized carbons (Fsp3) is 0.909. The predicted octanol–water partition coefficient (Wildman–Crippen LogP) is 1.85. The number of nitrogens with two attached hydrogens (primary N) is 1. The molecule has 0 bridgehead atoms. The second kappa shape index (κ2) is 3.54. The van der Waals surface area contributed by atoms with Gasteiger partial charge in [-0.3, -0.25) is 4.79 Å². The molecule has 0 aliphatic heterocycles. The van der Waals surface area contributed by atoms with Crippen LogP contribution in [0.4, 0.5) is 0 Å². The summed E-state index contributed by atoms with van der Waals surface area (Å²) < 4.78 is 5.34. The van der Waals surface area contributed by atoms with E-state index >= 15 is 0 Å². The maximum atomic E-state index is 11.8. The molecule has 14 heavy (non-hydrogen) atoms. The van der Waals surface area contributed by atoms with E-state index in [2.05, 4.69) is 0 Å². The maximum Gasteiger partial charge on any atom is 0.311 e. The molecule has 0 unspecified atom stereocenters. The molecule has 0 radical (unpaired) electrons. The summed E-state index contributed by atoms with van der Waals surface area (Å²) in [5.74, 6) is -0.262. The van der Waals surface area contributed by atoms with Gasteiger partial charge in [0.2, 0.25) is 0 Å². The van der Waals surface area contributed by atoms with Crippen LogP contribution in [0.25, 0.3) is 0 Å². The molecule has 0 aromatic carbocycles. The van der Waals surface area contributed by atoms with Gasteiger partial charge in [-0.2, -0.15) is 0 Å². The SMILES string of the molecule is CC(C)(C)OC(=O)[C@@H]1CCC[C@]1(C)N. The zero-order chi connectivity index (χ0) is 11.0. The molecule has 3 heteroatoms. The molecular weight excluding hydrogens is 178 g/mol. The van der Waals surface area contributed by atoms with Crippen molar-refractivity contribution in [2.24, 2.45) is 11.7 Å². The van der Waals surface area contributed by atoms with Crippen LogP contribution in [-0.4, -0.2) is 17.1 Å². The van der Waals surface area contributed by atoms with Gasteiger partial charge in [0.1, 0.15) is 5.60 Å². The van der Waals surface area contributed by atoms with Crippen LogP contribution in [0.5, 0.6) is 0 Å². The van der Waals surface area contributed by atoms with Crippen molar-refractivity contribution >= 4 is 5.97 Å². The smallest absolute Gasteiger partial charge is 0.311 e. The van der Waals surface area contributed by atoms with Gasteiger partial charge in [-0.05, 0) is 40.5 Å². The zero-order valence-corrected chi connectivity index (χ0v) is 9.59. The number of esters is 1. The van der Waals surface area contributed by atoms with Crippen LogP contribution < -0.4 is 5.73 Å².